The van der Waals surface area contributed by atoms with Gasteiger partial charge in [0.05, 0.1) is 6.04 Å². The van der Waals surface area contributed by atoms with Crippen molar-refractivity contribution in [2.45, 2.75) is 32.4 Å². The lowest BCUT2D eigenvalue weighted by molar-refractivity contribution is -0.122. The third kappa shape index (κ3) is 3.90. The molecule has 88 valence electrons. The fraction of sp³-hybridized carbons (Fsp3) is 0.417. The van der Waals surface area contributed by atoms with Gasteiger partial charge in [-0.3, -0.25) is 4.79 Å². The predicted molar refractivity (Wildman–Crippen MR) is 62.8 cm³/mol. The Morgan fingerprint density at radius 1 is 1.56 bits per heavy atom. The highest BCUT2D eigenvalue weighted by atomic mass is 16.3. The minimum atomic E-state index is -0.442. The van der Waals surface area contributed by atoms with Crippen LogP contribution in [0.25, 0.3) is 0 Å². The predicted octanol–water partition coefficient (Wildman–Crippen LogP) is 1.14. The summed E-state index contributed by atoms with van der Waals surface area (Å²) in [6.45, 7) is 2.38. The first kappa shape index (κ1) is 12.5. The maximum atomic E-state index is 11.5. The van der Waals surface area contributed by atoms with Crippen molar-refractivity contribution < 1.29 is 9.90 Å². The molecule has 1 unspecified atom stereocenters. The molecule has 1 rings (SSSR count). The van der Waals surface area contributed by atoms with Crippen LogP contribution >= 0.6 is 0 Å². The number of carbonyl (C=O) groups excluding carboxylic acids is 1. The molecule has 1 atom stereocenters. The number of phenols is 1. The van der Waals surface area contributed by atoms with E-state index >= 15 is 0 Å². The molecule has 0 bridgehead atoms. The molecule has 4 nitrogen and oxygen atoms in total. The Kier molecular flexibility index (Phi) is 4.79. The van der Waals surface area contributed by atoms with E-state index < -0.39 is 6.04 Å². The van der Waals surface area contributed by atoms with Crippen molar-refractivity contribution >= 4 is 5.91 Å². The minimum absolute atomic E-state index is 0.148. The molecule has 16 heavy (non-hydrogen) atoms. The standard InChI is InChI=1S/C12H18N2O2/c1-2-4-11(13)12(16)14-8-9-5-3-6-10(15)7-9/h3,5-7,11,15H,2,4,8,13H2,1H3,(H,14,16). The Morgan fingerprint density at radius 2 is 2.31 bits per heavy atom. The van der Waals surface area contributed by atoms with Crippen molar-refractivity contribution in [1.29, 1.82) is 0 Å². The van der Waals surface area contributed by atoms with E-state index in [1.165, 1.54) is 0 Å². The molecule has 4 N–H and O–H groups in total. The molecular formula is C12H18N2O2. The van der Waals surface area contributed by atoms with Crippen LogP contribution in [0.3, 0.4) is 0 Å². The molecule has 0 saturated carbocycles. The van der Waals surface area contributed by atoms with Crippen LogP contribution in [-0.4, -0.2) is 17.1 Å². The van der Waals surface area contributed by atoms with Gasteiger partial charge in [0.2, 0.25) is 5.91 Å². The van der Waals surface area contributed by atoms with E-state index in [1.54, 1.807) is 18.2 Å². The summed E-state index contributed by atoms with van der Waals surface area (Å²) in [5, 5.41) is 12.0. The van der Waals surface area contributed by atoms with E-state index in [-0.39, 0.29) is 11.7 Å². The summed E-state index contributed by atoms with van der Waals surface area (Å²) in [6, 6.07) is 6.34. The summed E-state index contributed by atoms with van der Waals surface area (Å²) in [7, 11) is 0. The number of nitrogens with one attached hydrogen (secondary N) is 1. The van der Waals surface area contributed by atoms with Gasteiger partial charge < -0.3 is 16.2 Å². The Bertz CT molecular complexity index is 353. The molecule has 1 amide bonds. The second kappa shape index (κ2) is 6.12. The highest BCUT2D eigenvalue weighted by Gasteiger charge is 2.11. The van der Waals surface area contributed by atoms with E-state index in [0.717, 1.165) is 12.0 Å². The summed E-state index contributed by atoms with van der Waals surface area (Å²) in [5.41, 5.74) is 6.52. The van der Waals surface area contributed by atoms with Crippen LogP contribution in [0.15, 0.2) is 24.3 Å². The number of phenolic OH excluding ortho intramolecular Hbond substituents is 1. The zero-order valence-electron chi connectivity index (χ0n) is 9.44. The van der Waals surface area contributed by atoms with Gasteiger partial charge >= 0.3 is 0 Å². The second-order valence-electron chi connectivity index (χ2n) is 3.78. The van der Waals surface area contributed by atoms with Gasteiger partial charge in [0.15, 0.2) is 0 Å². The van der Waals surface area contributed by atoms with E-state index in [4.69, 9.17) is 5.73 Å². The average molecular weight is 222 g/mol. The van der Waals surface area contributed by atoms with Crippen molar-refractivity contribution in [3.05, 3.63) is 29.8 Å². The number of carbonyl (C=O) groups is 1. The van der Waals surface area contributed by atoms with Crippen LogP contribution in [0.1, 0.15) is 25.3 Å². The number of aromatic hydroxyl groups is 1. The van der Waals surface area contributed by atoms with Gasteiger partial charge in [-0.25, -0.2) is 0 Å². The van der Waals surface area contributed by atoms with E-state index in [1.807, 2.05) is 13.0 Å². The smallest absolute Gasteiger partial charge is 0.237 e. The fourth-order valence-electron chi connectivity index (χ4n) is 1.43. The molecule has 0 fully saturated rings. The van der Waals surface area contributed by atoms with Gasteiger partial charge in [0.1, 0.15) is 5.75 Å². The molecular weight excluding hydrogens is 204 g/mol. The first-order chi connectivity index (χ1) is 7.63. The van der Waals surface area contributed by atoms with Crippen LogP contribution in [0.2, 0.25) is 0 Å². The fourth-order valence-corrected chi connectivity index (χ4v) is 1.43. The topological polar surface area (TPSA) is 75.4 Å². The number of rotatable bonds is 5. The number of hydrogen-bond donors (Lipinski definition) is 3. The molecule has 0 radical (unpaired) electrons. The highest BCUT2D eigenvalue weighted by molar-refractivity contribution is 5.81. The number of benzene rings is 1. The maximum Gasteiger partial charge on any atom is 0.237 e. The Balaban J connectivity index is 2.42. The molecule has 0 aromatic heterocycles. The SMILES string of the molecule is CCCC(N)C(=O)NCc1cccc(O)c1. The van der Waals surface area contributed by atoms with Gasteiger partial charge in [-0.2, -0.15) is 0 Å². The molecule has 1 aromatic carbocycles. The lowest BCUT2D eigenvalue weighted by Crippen LogP contribution is -2.40. The molecule has 1 aromatic rings. The van der Waals surface area contributed by atoms with Gasteiger partial charge in [-0.15, -0.1) is 0 Å². The molecule has 0 spiro atoms. The van der Waals surface area contributed by atoms with Crippen molar-refractivity contribution in [2.24, 2.45) is 5.73 Å². The molecule has 0 aliphatic carbocycles. The van der Waals surface area contributed by atoms with Crippen molar-refractivity contribution in [2.75, 3.05) is 0 Å². The Morgan fingerprint density at radius 3 is 2.94 bits per heavy atom. The van der Waals surface area contributed by atoms with E-state index in [9.17, 15) is 9.90 Å². The van der Waals surface area contributed by atoms with Crippen molar-refractivity contribution in [3.63, 3.8) is 0 Å². The van der Waals surface area contributed by atoms with Gasteiger partial charge in [-0.1, -0.05) is 25.5 Å². The zero-order valence-corrected chi connectivity index (χ0v) is 9.44. The number of nitrogens with two attached hydrogens (primary N) is 1. The summed E-state index contributed by atoms with van der Waals surface area (Å²) >= 11 is 0. The quantitative estimate of drug-likeness (QED) is 0.699. The minimum Gasteiger partial charge on any atom is -0.508 e. The van der Waals surface area contributed by atoms with E-state index in [0.29, 0.717) is 13.0 Å². The summed E-state index contributed by atoms with van der Waals surface area (Å²) in [4.78, 5) is 11.5. The average Bonchev–Trinajstić information content (AvgIpc) is 2.26. The first-order valence-corrected chi connectivity index (χ1v) is 5.44. The summed E-state index contributed by atoms with van der Waals surface area (Å²) in [5.74, 6) is 0.0507. The largest absolute Gasteiger partial charge is 0.508 e. The normalized spacial score (nSPS) is 12.1. The van der Waals surface area contributed by atoms with Crippen LogP contribution in [-0.2, 0) is 11.3 Å². The van der Waals surface area contributed by atoms with Crippen LogP contribution in [0.5, 0.6) is 5.75 Å². The monoisotopic (exact) mass is 222 g/mol. The summed E-state index contributed by atoms with van der Waals surface area (Å²) in [6.07, 6.45) is 1.58. The summed E-state index contributed by atoms with van der Waals surface area (Å²) < 4.78 is 0. The molecule has 0 aliphatic rings. The van der Waals surface area contributed by atoms with Crippen LogP contribution < -0.4 is 11.1 Å². The van der Waals surface area contributed by atoms with Crippen molar-refractivity contribution in [1.82, 2.24) is 5.32 Å². The molecule has 0 aliphatic heterocycles. The lowest BCUT2D eigenvalue weighted by atomic mass is 10.1. The zero-order chi connectivity index (χ0) is 12.0. The van der Waals surface area contributed by atoms with Gasteiger partial charge in [0, 0.05) is 6.54 Å². The van der Waals surface area contributed by atoms with Crippen molar-refractivity contribution in [3.8, 4) is 5.75 Å². The third-order valence-electron chi connectivity index (χ3n) is 2.31. The Labute approximate surface area is 95.5 Å². The number of amides is 1. The maximum absolute atomic E-state index is 11.5. The second-order valence-corrected chi connectivity index (χ2v) is 3.78. The van der Waals surface area contributed by atoms with E-state index in [2.05, 4.69) is 5.32 Å². The third-order valence-corrected chi connectivity index (χ3v) is 2.31. The van der Waals surface area contributed by atoms with Crippen LogP contribution in [0, 0.1) is 0 Å². The highest BCUT2D eigenvalue weighted by Crippen LogP contribution is 2.10. The van der Waals surface area contributed by atoms with Crippen LogP contribution in [0.4, 0.5) is 0 Å². The molecule has 4 heteroatoms. The lowest BCUT2D eigenvalue weighted by Gasteiger charge is -2.11. The molecule has 0 saturated heterocycles. The molecule has 0 heterocycles. The van der Waals surface area contributed by atoms with Gasteiger partial charge in [0.25, 0.3) is 0 Å². The first-order valence-electron chi connectivity index (χ1n) is 5.44. The van der Waals surface area contributed by atoms with Gasteiger partial charge in [-0.05, 0) is 24.1 Å². The Hall–Kier alpha value is -1.55. The number of hydrogen-bond acceptors (Lipinski definition) is 3.